The van der Waals surface area contributed by atoms with Gasteiger partial charge >= 0.3 is 6.09 Å². The quantitative estimate of drug-likeness (QED) is 0.750. The number of rotatable bonds is 1. The summed E-state index contributed by atoms with van der Waals surface area (Å²) >= 11 is 0. The van der Waals surface area contributed by atoms with Crippen LogP contribution in [-0.2, 0) is 9.47 Å². The molecule has 2 rings (SSSR count). The van der Waals surface area contributed by atoms with Gasteiger partial charge in [-0.05, 0) is 33.6 Å². The van der Waals surface area contributed by atoms with Crippen LogP contribution in [0.5, 0.6) is 0 Å². The number of nitrogens with zero attached hydrogens (tertiary/aromatic N) is 1. The van der Waals surface area contributed by atoms with Crippen molar-refractivity contribution < 1.29 is 19.4 Å². The molecule has 1 unspecified atom stereocenters. The topological polar surface area (TPSA) is 59.0 Å². The number of aliphatic hydroxyl groups excluding tert-OH is 1. The minimum atomic E-state index is -0.485. The van der Waals surface area contributed by atoms with Gasteiger partial charge in [0.05, 0.1) is 31.4 Å². The first-order valence-corrected chi connectivity index (χ1v) is 6.10. The Bertz CT molecular complexity index is 306. The lowest BCUT2D eigenvalue weighted by Crippen LogP contribution is -2.53. The van der Waals surface area contributed by atoms with Crippen molar-refractivity contribution in [2.75, 3.05) is 19.7 Å². The molecule has 1 atom stereocenters. The van der Waals surface area contributed by atoms with Crippen molar-refractivity contribution >= 4 is 6.09 Å². The van der Waals surface area contributed by atoms with Gasteiger partial charge < -0.3 is 19.5 Å². The summed E-state index contributed by atoms with van der Waals surface area (Å²) in [4.78, 5) is 13.6. The van der Waals surface area contributed by atoms with E-state index in [-0.39, 0.29) is 24.4 Å². The molecule has 0 aromatic heterocycles. The molecule has 1 saturated carbocycles. The number of amides is 1. The summed E-state index contributed by atoms with van der Waals surface area (Å²) in [7, 11) is 0. The van der Waals surface area contributed by atoms with Crippen LogP contribution in [0.3, 0.4) is 0 Å². The normalized spacial score (nSPS) is 27.1. The molecule has 1 heterocycles. The van der Waals surface area contributed by atoms with E-state index in [1.807, 2.05) is 20.8 Å². The maximum atomic E-state index is 12.0. The fourth-order valence-electron chi connectivity index (χ4n) is 2.06. The highest BCUT2D eigenvalue weighted by atomic mass is 16.6. The fourth-order valence-corrected chi connectivity index (χ4v) is 2.06. The van der Waals surface area contributed by atoms with E-state index in [1.54, 1.807) is 4.90 Å². The molecule has 1 saturated heterocycles. The van der Waals surface area contributed by atoms with Gasteiger partial charge in [-0.3, -0.25) is 0 Å². The van der Waals surface area contributed by atoms with E-state index in [9.17, 15) is 9.90 Å². The van der Waals surface area contributed by atoms with E-state index in [0.717, 1.165) is 12.8 Å². The standard InChI is InChI=1S/C12H21NO4/c1-11(2,3)17-10(15)13-6-9(7-14)16-12(8-13)4-5-12/h9,14H,4-8H2,1-3H3. The lowest BCUT2D eigenvalue weighted by Gasteiger charge is -2.38. The van der Waals surface area contributed by atoms with Crippen LogP contribution in [-0.4, -0.2) is 53.1 Å². The van der Waals surface area contributed by atoms with Crippen LogP contribution in [0, 0.1) is 0 Å². The summed E-state index contributed by atoms with van der Waals surface area (Å²) in [6.45, 7) is 6.48. The Kier molecular flexibility index (Phi) is 3.08. The molecule has 0 radical (unpaired) electrons. The monoisotopic (exact) mass is 243 g/mol. The van der Waals surface area contributed by atoms with Gasteiger partial charge in [0.1, 0.15) is 5.60 Å². The molecule has 1 spiro atoms. The summed E-state index contributed by atoms with van der Waals surface area (Å²) in [6.07, 6.45) is 1.33. The Labute approximate surface area is 102 Å². The molecule has 5 nitrogen and oxygen atoms in total. The van der Waals surface area contributed by atoms with Gasteiger partial charge in [-0.25, -0.2) is 4.79 Å². The third-order valence-corrected chi connectivity index (χ3v) is 2.98. The molecule has 1 aliphatic heterocycles. The molecule has 98 valence electrons. The van der Waals surface area contributed by atoms with Gasteiger partial charge in [0.2, 0.25) is 0 Å². The molecule has 0 aromatic rings. The summed E-state index contributed by atoms with van der Waals surface area (Å²) in [5.74, 6) is 0. The van der Waals surface area contributed by atoms with E-state index in [2.05, 4.69) is 0 Å². The molecule has 0 bridgehead atoms. The van der Waals surface area contributed by atoms with Gasteiger partial charge in [0.15, 0.2) is 0 Å². The molecular weight excluding hydrogens is 222 g/mol. The van der Waals surface area contributed by atoms with Crippen molar-refractivity contribution in [3.63, 3.8) is 0 Å². The minimum Gasteiger partial charge on any atom is -0.444 e. The highest BCUT2D eigenvalue weighted by molar-refractivity contribution is 5.68. The minimum absolute atomic E-state index is 0.0545. The van der Waals surface area contributed by atoms with Gasteiger partial charge in [-0.2, -0.15) is 0 Å². The third kappa shape index (κ3) is 3.10. The van der Waals surface area contributed by atoms with Crippen molar-refractivity contribution in [1.29, 1.82) is 0 Å². The zero-order valence-electron chi connectivity index (χ0n) is 10.7. The van der Waals surface area contributed by atoms with Gasteiger partial charge in [-0.15, -0.1) is 0 Å². The number of morpholine rings is 1. The average Bonchev–Trinajstić information content (AvgIpc) is 2.94. The van der Waals surface area contributed by atoms with E-state index < -0.39 is 5.60 Å². The highest BCUT2D eigenvalue weighted by Gasteiger charge is 2.51. The maximum Gasteiger partial charge on any atom is 0.410 e. The van der Waals surface area contributed by atoms with Crippen molar-refractivity contribution in [3.8, 4) is 0 Å². The zero-order valence-corrected chi connectivity index (χ0v) is 10.7. The summed E-state index contributed by atoms with van der Waals surface area (Å²) < 4.78 is 11.1. The number of carbonyl (C=O) groups is 1. The Morgan fingerprint density at radius 1 is 1.53 bits per heavy atom. The number of hydrogen-bond donors (Lipinski definition) is 1. The molecule has 17 heavy (non-hydrogen) atoms. The van der Waals surface area contributed by atoms with Crippen LogP contribution in [0.4, 0.5) is 4.79 Å². The lowest BCUT2D eigenvalue weighted by molar-refractivity contribution is -0.116. The Morgan fingerprint density at radius 2 is 2.18 bits per heavy atom. The number of carbonyl (C=O) groups excluding carboxylic acids is 1. The van der Waals surface area contributed by atoms with Crippen molar-refractivity contribution in [1.82, 2.24) is 4.90 Å². The SMILES string of the molecule is CC(C)(C)OC(=O)N1CC(CO)OC2(CC2)C1. The fraction of sp³-hybridized carbons (Fsp3) is 0.917. The van der Waals surface area contributed by atoms with E-state index in [1.165, 1.54) is 0 Å². The van der Waals surface area contributed by atoms with E-state index in [4.69, 9.17) is 9.47 Å². The van der Waals surface area contributed by atoms with Gasteiger partial charge in [0, 0.05) is 0 Å². The Morgan fingerprint density at radius 3 is 2.65 bits per heavy atom. The molecule has 1 amide bonds. The largest absolute Gasteiger partial charge is 0.444 e. The van der Waals surface area contributed by atoms with E-state index >= 15 is 0 Å². The summed E-state index contributed by atoms with van der Waals surface area (Å²) in [5.41, 5.74) is -0.691. The van der Waals surface area contributed by atoms with Crippen LogP contribution in [0.25, 0.3) is 0 Å². The lowest BCUT2D eigenvalue weighted by atomic mass is 10.2. The second-order valence-corrected chi connectivity index (χ2v) is 5.97. The van der Waals surface area contributed by atoms with Crippen molar-refractivity contribution in [2.24, 2.45) is 0 Å². The zero-order chi connectivity index (χ0) is 12.7. The van der Waals surface area contributed by atoms with Gasteiger partial charge in [-0.1, -0.05) is 0 Å². The van der Waals surface area contributed by atoms with Crippen LogP contribution >= 0.6 is 0 Å². The van der Waals surface area contributed by atoms with Crippen LogP contribution < -0.4 is 0 Å². The first kappa shape index (κ1) is 12.6. The van der Waals surface area contributed by atoms with Crippen LogP contribution in [0.1, 0.15) is 33.6 Å². The predicted molar refractivity (Wildman–Crippen MR) is 61.7 cm³/mol. The predicted octanol–water partition coefficient (Wildman–Crippen LogP) is 1.15. The molecule has 1 N–H and O–H groups in total. The molecule has 0 aromatic carbocycles. The van der Waals surface area contributed by atoms with Crippen LogP contribution in [0.2, 0.25) is 0 Å². The van der Waals surface area contributed by atoms with Crippen molar-refractivity contribution in [3.05, 3.63) is 0 Å². The number of aliphatic hydroxyl groups is 1. The highest BCUT2D eigenvalue weighted by Crippen LogP contribution is 2.43. The summed E-state index contributed by atoms with van der Waals surface area (Å²) in [6, 6.07) is 0. The van der Waals surface area contributed by atoms with E-state index in [0.29, 0.717) is 13.1 Å². The number of ether oxygens (including phenoxy) is 2. The first-order valence-electron chi connectivity index (χ1n) is 6.10. The molecule has 2 aliphatic rings. The average molecular weight is 243 g/mol. The Balaban J connectivity index is 1.98. The second-order valence-electron chi connectivity index (χ2n) is 5.97. The Hall–Kier alpha value is -0.810. The molecular formula is C12H21NO4. The smallest absolute Gasteiger partial charge is 0.410 e. The summed E-state index contributed by atoms with van der Waals surface area (Å²) in [5, 5.41) is 9.18. The van der Waals surface area contributed by atoms with Crippen molar-refractivity contribution in [2.45, 2.75) is 50.9 Å². The van der Waals surface area contributed by atoms with Gasteiger partial charge in [0.25, 0.3) is 0 Å². The van der Waals surface area contributed by atoms with Crippen LogP contribution in [0.15, 0.2) is 0 Å². The molecule has 2 fully saturated rings. The third-order valence-electron chi connectivity index (χ3n) is 2.98. The number of hydrogen-bond acceptors (Lipinski definition) is 4. The molecule has 1 aliphatic carbocycles. The molecule has 5 heteroatoms. The maximum absolute atomic E-state index is 12.0. The second kappa shape index (κ2) is 4.14. The first-order chi connectivity index (χ1) is 7.84.